The smallest absolute Gasteiger partial charge is 0.273 e. The number of benzene rings is 1. The van der Waals surface area contributed by atoms with Crippen LogP contribution in [0.4, 0.5) is 0 Å². The number of methoxy groups -OCH3 is 1. The van der Waals surface area contributed by atoms with E-state index in [2.05, 4.69) is 25.6 Å². The molecule has 138 valence electrons. The van der Waals surface area contributed by atoms with E-state index in [0.717, 1.165) is 17.0 Å². The largest absolute Gasteiger partial charge is 0.385 e. The van der Waals surface area contributed by atoms with E-state index < -0.39 is 5.91 Å². The quantitative estimate of drug-likeness (QED) is 0.393. The van der Waals surface area contributed by atoms with E-state index in [4.69, 9.17) is 10.6 Å². The molecule has 0 aliphatic heterocycles. The monoisotopic (exact) mass is 374 g/mol. The van der Waals surface area contributed by atoms with Gasteiger partial charge in [-0.15, -0.1) is 10.2 Å². The Labute approximate surface area is 156 Å². The molecule has 1 aromatic heterocycles. The van der Waals surface area contributed by atoms with Crippen LogP contribution in [0.3, 0.4) is 0 Å². The normalized spacial score (nSPS) is 13.1. The summed E-state index contributed by atoms with van der Waals surface area (Å²) in [4.78, 5) is 16.4. The van der Waals surface area contributed by atoms with Crippen LogP contribution in [-0.4, -0.2) is 47.8 Å². The summed E-state index contributed by atoms with van der Waals surface area (Å²) in [7, 11) is 1.63. The van der Waals surface area contributed by atoms with Crippen molar-refractivity contribution in [2.24, 2.45) is 15.9 Å². The number of rotatable bonds is 9. The summed E-state index contributed by atoms with van der Waals surface area (Å²) in [5.41, 5.74) is 1.05. The number of hydrogen-bond acceptors (Lipinski definition) is 8. The van der Waals surface area contributed by atoms with Gasteiger partial charge in [-0.1, -0.05) is 41.7 Å². The number of amides is 1. The van der Waals surface area contributed by atoms with Crippen molar-refractivity contribution in [2.45, 2.75) is 25.9 Å². The average Bonchev–Trinajstić information content (AvgIpc) is 3.15. The maximum absolute atomic E-state index is 12.2. The van der Waals surface area contributed by atoms with Gasteiger partial charge in [0.25, 0.3) is 5.91 Å². The Morgan fingerprint density at radius 2 is 2.15 bits per heavy atom. The lowest BCUT2D eigenvalue weighted by Gasteiger charge is -2.05. The molecule has 1 amide bonds. The van der Waals surface area contributed by atoms with Gasteiger partial charge < -0.3 is 15.9 Å². The number of nitrogens with one attached hydrogen (secondary N) is 1. The van der Waals surface area contributed by atoms with Crippen LogP contribution in [0.25, 0.3) is 10.6 Å². The second-order valence-corrected chi connectivity index (χ2v) is 6.53. The molecule has 3 N–H and O–H groups in total. The van der Waals surface area contributed by atoms with Crippen LogP contribution in [0.5, 0.6) is 0 Å². The van der Waals surface area contributed by atoms with Gasteiger partial charge in [-0.25, -0.2) is 0 Å². The lowest BCUT2D eigenvalue weighted by molar-refractivity contribution is -0.114. The van der Waals surface area contributed by atoms with Crippen LogP contribution in [0.1, 0.15) is 18.4 Å². The van der Waals surface area contributed by atoms with E-state index in [0.29, 0.717) is 11.6 Å². The van der Waals surface area contributed by atoms with Crippen molar-refractivity contribution >= 4 is 29.2 Å². The van der Waals surface area contributed by atoms with Crippen molar-refractivity contribution in [1.82, 2.24) is 15.5 Å². The van der Waals surface area contributed by atoms with Gasteiger partial charge >= 0.3 is 0 Å². The molecule has 1 aromatic carbocycles. The fourth-order valence-corrected chi connectivity index (χ4v) is 2.77. The minimum absolute atomic E-state index is 0.0103. The lowest BCUT2D eigenvalue weighted by Crippen LogP contribution is -2.32. The number of carbonyl (C=O) groups is 1. The molecular formula is C17H22N6O2S. The fraction of sp³-hybridized carbons (Fsp3) is 0.353. The van der Waals surface area contributed by atoms with Crippen LogP contribution >= 0.6 is 11.3 Å². The van der Waals surface area contributed by atoms with Gasteiger partial charge in [-0.2, -0.15) is 5.10 Å². The van der Waals surface area contributed by atoms with Crippen LogP contribution in [0.2, 0.25) is 0 Å². The van der Waals surface area contributed by atoms with Gasteiger partial charge in [0, 0.05) is 25.3 Å². The summed E-state index contributed by atoms with van der Waals surface area (Å²) >= 11 is 1.42. The Bertz CT molecular complexity index is 760. The Morgan fingerprint density at radius 1 is 1.38 bits per heavy atom. The molecule has 1 atom stereocenters. The molecule has 0 bridgehead atoms. The molecule has 0 fully saturated rings. The Hall–Kier alpha value is -2.65. The van der Waals surface area contributed by atoms with Crippen molar-refractivity contribution in [1.29, 1.82) is 0 Å². The highest BCUT2D eigenvalue weighted by molar-refractivity contribution is 7.14. The minimum Gasteiger partial charge on any atom is -0.385 e. The molecule has 0 aliphatic carbocycles. The maximum Gasteiger partial charge on any atom is 0.273 e. The molecule has 8 nitrogen and oxygen atoms in total. The Kier molecular flexibility index (Phi) is 7.84. The highest BCUT2D eigenvalue weighted by atomic mass is 32.1. The van der Waals surface area contributed by atoms with E-state index in [1.165, 1.54) is 17.6 Å². The number of hydrogen-bond donors (Lipinski definition) is 2. The number of hydrazone groups is 1. The predicted octanol–water partition coefficient (Wildman–Crippen LogP) is 1.63. The number of aliphatic imine (C=N–C) groups is 1. The number of nitrogens with zero attached hydrogens (tertiary/aromatic N) is 4. The van der Waals surface area contributed by atoms with E-state index in [1.54, 1.807) is 7.11 Å². The molecule has 2 rings (SSSR count). The van der Waals surface area contributed by atoms with Crippen molar-refractivity contribution < 1.29 is 9.53 Å². The molecule has 26 heavy (non-hydrogen) atoms. The first-order valence-electron chi connectivity index (χ1n) is 8.10. The summed E-state index contributed by atoms with van der Waals surface area (Å²) in [6, 6.07) is 9.75. The molecule has 0 radical (unpaired) electrons. The molecule has 2 aromatic rings. The second-order valence-electron chi connectivity index (χ2n) is 5.47. The van der Waals surface area contributed by atoms with Gasteiger partial charge in [-0.3, -0.25) is 9.79 Å². The van der Waals surface area contributed by atoms with Gasteiger partial charge in [0.1, 0.15) is 10.0 Å². The first-order valence-corrected chi connectivity index (χ1v) is 8.91. The third-order valence-electron chi connectivity index (χ3n) is 3.45. The summed E-state index contributed by atoms with van der Waals surface area (Å²) in [5.74, 6) is 4.88. The van der Waals surface area contributed by atoms with E-state index in [-0.39, 0.29) is 18.3 Å². The summed E-state index contributed by atoms with van der Waals surface area (Å²) in [6.07, 6.45) is 2.13. The zero-order chi connectivity index (χ0) is 18.8. The van der Waals surface area contributed by atoms with E-state index in [1.807, 2.05) is 37.3 Å². The molecule has 0 aliphatic rings. The molecule has 0 spiro atoms. The average molecular weight is 374 g/mol. The van der Waals surface area contributed by atoms with Crippen LogP contribution in [0, 0.1) is 0 Å². The van der Waals surface area contributed by atoms with Crippen molar-refractivity contribution in [3.63, 3.8) is 0 Å². The third-order valence-corrected chi connectivity index (χ3v) is 4.42. The number of ether oxygens (including phenoxy) is 1. The standard InChI is InChI=1S/C17H22N6O2S/c1-12(8-9-25-2)19-10-14(21-18)16(24)20-11-15-22-23-17(26-15)13-6-4-3-5-7-13/h3-7,10,12H,8-9,11,18H2,1-2H3,(H,20,24)/b19-10?,21-14+/t12-/m0/s1. The molecule has 0 saturated carbocycles. The maximum atomic E-state index is 12.2. The highest BCUT2D eigenvalue weighted by Gasteiger charge is 2.12. The van der Waals surface area contributed by atoms with Crippen LogP contribution in [-0.2, 0) is 16.1 Å². The summed E-state index contributed by atoms with van der Waals surface area (Å²) in [6.45, 7) is 2.77. The summed E-state index contributed by atoms with van der Waals surface area (Å²) in [5, 5.41) is 16.0. The minimum atomic E-state index is -0.411. The van der Waals surface area contributed by atoms with Crippen molar-refractivity contribution in [3.05, 3.63) is 35.3 Å². The lowest BCUT2D eigenvalue weighted by atomic mass is 10.2. The third kappa shape index (κ3) is 6.01. The Balaban J connectivity index is 1.89. The summed E-state index contributed by atoms with van der Waals surface area (Å²) < 4.78 is 4.99. The SMILES string of the molecule is COCC[C@H](C)N=C/C(=N\N)C(=O)NCc1nnc(-c2ccccc2)s1. The predicted molar refractivity (Wildman–Crippen MR) is 103 cm³/mol. The molecule has 1 heterocycles. The number of aromatic nitrogens is 2. The van der Waals surface area contributed by atoms with Crippen molar-refractivity contribution in [2.75, 3.05) is 13.7 Å². The van der Waals surface area contributed by atoms with Gasteiger partial charge in [0.15, 0.2) is 5.71 Å². The highest BCUT2D eigenvalue weighted by Crippen LogP contribution is 2.22. The van der Waals surface area contributed by atoms with Crippen LogP contribution < -0.4 is 11.2 Å². The zero-order valence-electron chi connectivity index (χ0n) is 14.8. The van der Waals surface area contributed by atoms with Gasteiger partial charge in [-0.05, 0) is 13.3 Å². The number of nitrogens with two attached hydrogens (primary N) is 1. The first-order chi connectivity index (χ1) is 12.6. The van der Waals surface area contributed by atoms with E-state index in [9.17, 15) is 4.79 Å². The van der Waals surface area contributed by atoms with Crippen molar-refractivity contribution in [3.8, 4) is 10.6 Å². The van der Waals surface area contributed by atoms with Gasteiger partial charge in [0.2, 0.25) is 0 Å². The first kappa shape index (κ1) is 19.7. The second kappa shape index (κ2) is 10.4. The molecular weight excluding hydrogens is 352 g/mol. The van der Waals surface area contributed by atoms with E-state index >= 15 is 0 Å². The Morgan fingerprint density at radius 3 is 2.85 bits per heavy atom. The molecule has 0 saturated heterocycles. The number of carbonyl (C=O) groups excluding carboxylic acids is 1. The fourth-order valence-electron chi connectivity index (χ4n) is 1.98. The molecule has 0 unspecified atom stereocenters. The molecule has 9 heteroatoms. The van der Waals surface area contributed by atoms with Crippen LogP contribution in [0.15, 0.2) is 40.4 Å². The zero-order valence-corrected chi connectivity index (χ0v) is 15.6. The topological polar surface area (TPSA) is 115 Å². The van der Waals surface area contributed by atoms with Gasteiger partial charge in [0.05, 0.1) is 12.8 Å².